The molecule has 5 heterocycles. The smallest absolute Gasteiger partial charge is 0.326 e. The molecule has 4 fully saturated rings. The molecular formula is C33H45N7O4S. The standard InChI is InChI=1S/C33H45N7O4S/c1-22-17-23-7-5-13-33(18-22,20-23)39-16-15-38(31(39)42)27-12-11-25-29(36-27)40-21-24(19-32(40,2)3)8-6-14-34-26-9-4-10-28(35-26)45(43,44)37-30(25)41/h4,9-12,22-24H,5-8,13-21H2,1-3H3,(H,34,35)(H,37,41)/t22?,23?,24-,33?/m0/s1. The number of anilines is 3. The van der Waals surface area contributed by atoms with E-state index in [9.17, 15) is 18.0 Å². The van der Waals surface area contributed by atoms with Crippen LogP contribution < -0.4 is 19.8 Å². The van der Waals surface area contributed by atoms with E-state index < -0.39 is 15.9 Å². The van der Waals surface area contributed by atoms with Gasteiger partial charge in [0.2, 0.25) is 0 Å². The van der Waals surface area contributed by atoms with Gasteiger partial charge in [-0.1, -0.05) is 25.8 Å². The number of carbonyl (C=O) groups excluding carboxylic acids is 2. The van der Waals surface area contributed by atoms with Gasteiger partial charge in [-0.05, 0) is 101 Å². The summed E-state index contributed by atoms with van der Waals surface area (Å²) in [4.78, 5) is 43.2. The topological polar surface area (TPSA) is 128 Å². The van der Waals surface area contributed by atoms with E-state index in [0.717, 1.165) is 44.9 Å². The Balaban J connectivity index is 1.24. The average molecular weight is 636 g/mol. The third-order valence-electron chi connectivity index (χ3n) is 10.9. The van der Waals surface area contributed by atoms with Gasteiger partial charge in [0.15, 0.2) is 5.03 Å². The van der Waals surface area contributed by atoms with E-state index in [1.165, 1.54) is 18.9 Å². The molecule has 0 spiro atoms. The lowest BCUT2D eigenvalue weighted by molar-refractivity contribution is 0.0133. The Labute approximate surface area is 266 Å². The molecule has 2 saturated heterocycles. The largest absolute Gasteiger partial charge is 0.370 e. The summed E-state index contributed by atoms with van der Waals surface area (Å²) in [5, 5.41) is 3.00. The van der Waals surface area contributed by atoms with Gasteiger partial charge in [-0.3, -0.25) is 9.69 Å². The normalized spacial score (nSPS) is 31.0. The average Bonchev–Trinajstić information content (AvgIpc) is 3.52. The van der Waals surface area contributed by atoms with E-state index in [2.05, 4.69) is 45.6 Å². The van der Waals surface area contributed by atoms with Crippen molar-refractivity contribution < 1.29 is 18.0 Å². The first-order valence-electron chi connectivity index (χ1n) is 16.6. The summed E-state index contributed by atoms with van der Waals surface area (Å²) in [7, 11) is -4.25. The number of hydrogen-bond acceptors (Lipinski definition) is 8. The molecule has 242 valence electrons. The number of nitrogens with one attached hydrogen (secondary N) is 2. The minimum Gasteiger partial charge on any atom is -0.370 e. The summed E-state index contributed by atoms with van der Waals surface area (Å²) < 4.78 is 28.9. The molecule has 4 atom stereocenters. The van der Waals surface area contributed by atoms with E-state index in [4.69, 9.17) is 4.98 Å². The van der Waals surface area contributed by atoms with Crippen LogP contribution in [0, 0.1) is 17.8 Å². The van der Waals surface area contributed by atoms with E-state index >= 15 is 0 Å². The minimum atomic E-state index is -4.25. The molecule has 45 heavy (non-hydrogen) atoms. The number of nitrogens with zero attached hydrogens (tertiary/aromatic N) is 5. The van der Waals surface area contributed by atoms with E-state index in [-0.39, 0.29) is 27.7 Å². The van der Waals surface area contributed by atoms with Crippen LogP contribution in [-0.2, 0) is 10.0 Å². The van der Waals surface area contributed by atoms with Crippen molar-refractivity contribution in [1.82, 2.24) is 19.6 Å². The van der Waals surface area contributed by atoms with E-state index in [0.29, 0.717) is 61.4 Å². The van der Waals surface area contributed by atoms with Gasteiger partial charge < -0.3 is 15.1 Å². The van der Waals surface area contributed by atoms with Crippen LogP contribution in [0.4, 0.5) is 22.2 Å². The van der Waals surface area contributed by atoms with Gasteiger partial charge in [0.05, 0.1) is 5.56 Å². The van der Waals surface area contributed by atoms with Crippen molar-refractivity contribution in [3.63, 3.8) is 0 Å². The van der Waals surface area contributed by atoms with Crippen molar-refractivity contribution in [3.05, 3.63) is 35.9 Å². The highest BCUT2D eigenvalue weighted by atomic mass is 32.2. The van der Waals surface area contributed by atoms with Gasteiger partial charge in [0.1, 0.15) is 17.5 Å². The van der Waals surface area contributed by atoms with Gasteiger partial charge in [0.25, 0.3) is 15.9 Å². The quantitative estimate of drug-likeness (QED) is 0.472. The molecule has 11 nitrogen and oxygen atoms in total. The zero-order valence-corrected chi connectivity index (χ0v) is 27.4. The van der Waals surface area contributed by atoms with Crippen LogP contribution in [-0.4, -0.2) is 72.5 Å². The molecule has 2 aromatic rings. The first kappa shape index (κ1) is 30.3. The van der Waals surface area contributed by atoms with Gasteiger partial charge in [-0.25, -0.2) is 19.5 Å². The summed E-state index contributed by atoms with van der Waals surface area (Å²) in [6.45, 7) is 9.14. The summed E-state index contributed by atoms with van der Waals surface area (Å²) in [6.07, 6.45) is 9.62. The Morgan fingerprint density at radius 2 is 1.76 bits per heavy atom. The highest BCUT2D eigenvalue weighted by Crippen LogP contribution is 2.49. The number of carbonyl (C=O) groups is 2. The molecular weight excluding hydrogens is 590 g/mol. The predicted octanol–water partition coefficient (Wildman–Crippen LogP) is 5.01. The monoisotopic (exact) mass is 635 g/mol. The number of aromatic nitrogens is 2. The zero-order chi connectivity index (χ0) is 31.6. The Bertz CT molecular complexity index is 1610. The number of amides is 3. The molecule has 3 amide bonds. The van der Waals surface area contributed by atoms with Crippen molar-refractivity contribution >= 4 is 39.4 Å². The van der Waals surface area contributed by atoms with Crippen LogP contribution in [0.25, 0.3) is 0 Å². The van der Waals surface area contributed by atoms with Crippen LogP contribution in [0.3, 0.4) is 0 Å². The van der Waals surface area contributed by atoms with E-state index in [1.807, 2.05) is 0 Å². The predicted molar refractivity (Wildman–Crippen MR) is 173 cm³/mol. The molecule has 2 N–H and O–H groups in total. The lowest BCUT2D eigenvalue weighted by Crippen LogP contribution is -2.56. The molecule has 3 unspecified atom stereocenters. The van der Waals surface area contributed by atoms with Gasteiger partial charge in [-0.15, -0.1) is 0 Å². The highest BCUT2D eigenvalue weighted by Gasteiger charge is 2.51. The molecule has 7 rings (SSSR count). The molecule has 6 bridgehead atoms. The number of rotatable bonds is 2. The van der Waals surface area contributed by atoms with Crippen molar-refractivity contribution in [2.24, 2.45) is 17.8 Å². The minimum absolute atomic E-state index is 0.0154. The number of hydrogen-bond donors (Lipinski definition) is 2. The molecule has 0 radical (unpaired) electrons. The molecule has 3 aliphatic heterocycles. The van der Waals surface area contributed by atoms with Crippen LogP contribution in [0.2, 0.25) is 0 Å². The first-order valence-corrected chi connectivity index (χ1v) is 18.1. The lowest BCUT2D eigenvalue weighted by atomic mass is 9.63. The third kappa shape index (κ3) is 5.53. The van der Waals surface area contributed by atoms with Crippen LogP contribution in [0.15, 0.2) is 35.4 Å². The van der Waals surface area contributed by atoms with Gasteiger partial charge >= 0.3 is 6.03 Å². The Morgan fingerprint density at radius 3 is 2.60 bits per heavy atom. The summed E-state index contributed by atoms with van der Waals surface area (Å²) in [6, 6.07) is 8.02. The number of sulfonamides is 1. The maximum Gasteiger partial charge on any atom is 0.326 e. The van der Waals surface area contributed by atoms with Crippen molar-refractivity contribution in [3.8, 4) is 0 Å². The molecule has 12 heteroatoms. The lowest BCUT2D eigenvalue weighted by Gasteiger charge is -2.52. The van der Waals surface area contributed by atoms with Crippen LogP contribution in [0.1, 0.15) is 88.9 Å². The first-order chi connectivity index (χ1) is 21.4. The summed E-state index contributed by atoms with van der Waals surface area (Å²) in [5.41, 5.74) is -0.244. The zero-order valence-electron chi connectivity index (χ0n) is 26.6. The number of urea groups is 1. The third-order valence-corrected chi connectivity index (χ3v) is 12.1. The van der Waals surface area contributed by atoms with Gasteiger partial charge in [0, 0.05) is 37.3 Å². The molecule has 5 aliphatic rings. The van der Waals surface area contributed by atoms with Crippen molar-refractivity contribution in [1.29, 1.82) is 0 Å². The second-order valence-corrected chi connectivity index (χ2v) is 16.3. The summed E-state index contributed by atoms with van der Waals surface area (Å²) >= 11 is 0. The Kier molecular flexibility index (Phi) is 7.49. The maximum atomic E-state index is 14.1. The Hall–Kier alpha value is -3.41. The van der Waals surface area contributed by atoms with Crippen molar-refractivity contribution in [2.45, 2.75) is 94.7 Å². The maximum absolute atomic E-state index is 14.1. The van der Waals surface area contributed by atoms with Crippen molar-refractivity contribution in [2.75, 3.05) is 41.3 Å². The molecule has 2 aliphatic carbocycles. The molecule has 2 aromatic heterocycles. The number of fused-ring (bicyclic) bond motifs is 8. The van der Waals surface area contributed by atoms with Crippen LogP contribution >= 0.6 is 0 Å². The second-order valence-electron chi connectivity index (χ2n) is 14.7. The Morgan fingerprint density at radius 1 is 0.933 bits per heavy atom. The van der Waals surface area contributed by atoms with Gasteiger partial charge in [-0.2, -0.15) is 8.42 Å². The highest BCUT2D eigenvalue weighted by molar-refractivity contribution is 7.90. The fourth-order valence-corrected chi connectivity index (χ4v) is 10.1. The summed E-state index contributed by atoms with van der Waals surface area (Å²) in [5.74, 6) is 2.26. The van der Waals surface area contributed by atoms with Crippen LogP contribution in [0.5, 0.6) is 0 Å². The molecule has 2 saturated carbocycles. The SMILES string of the molecule is CC1CC2CCCC(N3CCN(c4ccc5c(n4)N4C[C@@H](CCCNc6cccc(n6)S(=O)(=O)NC5=O)CC4(C)C)C3=O)(C1)C2. The molecule has 0 aromatic carbocycles. The van der Waals surface area contributed by atoms with E-state index in [1.54, 1.807) is 29.2 Å². The number of pyridine rings is 2. The fourth-order valence-electron chi connectivity index (χ4n) is 9.12. The fraction of sp³-hybridized carbons (Fsp3) is 0.636. The second kappa shape index (κ2) is 11.1.